The number of aryl methyl sites for hydroxylation is 1. The van der Waals surface area contributed by atoms with Crippen molar-refractivity contribution in [3.05, 3.63) is 30.0 Å². The molecule has 0 unspecified atom stereocenters. The Bertz CT molecular complexity index is 656. The van der Waals surface area contributed by atoms with E-state index in [2.05, 4.69) is 47.1 Å². The standard InChI is InChI=1S/C20H31N3O/c1-16-7-11-23(12-8-16)10-4-9-21-14-17-15-22(2)20-13-18(24-3)5-6-19(17)20/h5-6,13,15-16,21H,4,7-12,14H2,1-3H3. The number of ether oxygens (including phenoxy) is 1. The number of methoxy groups -OCH3 is 1. The van der Waals surface area contributed by atoms with Crippen molar-refractivity contribution in [2.75, 3.05) is 33.3 Å². The summed E-state index contributed by atoms with van der Waals surface area (Å²) in [6, 6.07) is 6.32. The fourth-order valence-corrected chi connectivity index (χ4v) is 3.65. The van der Waals surface area contributed by atoms with Crippen molar-refractivity contribution < 1.29 is 4.74 Å². The molecule has 0 radical (unpaired) electrons. The lowest BCUT2D eigenvalue weighted by Crippen LogP contribution is -2.34. The van der Waals surface area contributed by atoms with Crippen LogP contribution >= 0.6 is 0 Å². The predicted octanol–water partition coefficient (Wildman–Crippen LogP) is 3.40. The first-order chi connectivity index (χ1) is 11.7. The number of benzene rings is 1. The molecule has 1 saturated heterocycles. The maximum absolute atomic E-state index is 5.33. The van der Waals surface area contributed by atoms with Crippen LogP contribution in [0.25, 0.3) is 10.9 Å². The van der Waals surface area contributed by atoms with E-state index in [1.54, 1.807) is 7.11 Å². The molecular weight excluding hydrogens is 298 g/mol. The quantitative estimate of drug-likeness (QED) is 0.790. The van der Waals surface area contributed by atoms with Crippen molar-refractivity contribution in [1.82, 2.24) is 14.8 Å². The van der Waals surface area contributed by atoms with Crippen LogP contribution in [0.5, 0.6) is 5.75 Å². The molecule has 4 nitrogen and oxygen atoms in total. The van der Waals surface area contributed by atoms with E-state index in [4.69, 9.17) is 4.74 Å². The third-order valence-electron chi connectivity index (χ3n) is 5.30. The Morgan fingerprint density at radius 2 is 2.04 bits per heavy atom. The summed E-state index contributed by atoms with van der Waals surface area (Å²) in [5, 5.41) is 4.93. The van der Waals surface area contributed by atoms with Crippen molar-refractivity contribution in [3.8, 4) is 5.75 Å². The van der Waals surface area contributed by atoms with E-state index in [0.29, 0.717) is 0 Å². The van der Waals surface area contributed by atoms with Crippen LogP contribution in [0.4, 0.5) is 0 Å². The van der Waals surface area contributed by atoms with Crippen molar-refractivity contribution >= 4 is 10.9 Å². The van der Waals surface area contributed by atoms with Crippen LogP contribution in [0.1, 0.15) is 31.7 Å². The molecule has 0 spiro atoms. The molecule has 0 bridgehead atoms. The zero-order valence-electron chi connectivity index (χ0n) is 15.3. The number of hydrogen-bond acceptors (Lipinski definition) is 3. The number of rotatable bonds is 7. The van der Waals surface area contributed by atoms with Crippen LogP contribution in [-0.2, 0) is 13.6 Å². The maximum Gasteiger partial charge on any atom is 0.120 e. The van der Waals surface area contributed by atoms with Gasteiger partial charge in [-0.2, -0.15) is 0 Å². The van der Waals surface area contributed by atoms with Gasteiger partial charge >= 0.3 is 0 Å². The van der Waals surface area contributed by atoms with Gasteiger partial charge in [-0.15, -0.1) is 0 Å². The second-order valence-electron chi connectivity index (χ2n) is 7.20. The van der Waals surface area contributed by atoms with E-state index >= 15 is 0 Å². The van der Waals surface area contributed by atoms with Crippen LogP contribution < -0.4 is 10.1 Å². The molecule has 1 aliphatic rings. The minimum absolute atomic E-state index is 0.916. The zero-order valence-corrected chi connectivity index (χ0v) is 15.3. The smallest absolute Gasteiger partial charge is 0.120 e. The van der Waals surface area contributed by atoms with Gasteiger partial charge in [-0.3, -0.25) is 0 Å². The number of piperidine rings is 1. The van der Waals surface area contributed by atoms with Gasteiger partial charge in [0.1, 0.15) is 5.75 Å². The Kier molecular flexibility index (Phi) is 5.80. The van der Waals surface area contributed by atoms with Crippen LogP contribution in [0.3, 0.4) is 0 Å². The molecule has 3 rings (SSSR count). The molecule has 24 heavy (non-hydrogen) atoms. The van der Waals surface area contributed by atoms with E-state index < -0.39 is 0 Å². The summed E-state index contributed by atoms with van der Waals surface area (Å²) in [6.07, 6.45) is 6.19. The van der Waals surface area contributed by atoms with Gasteiger partial charge in [-0.05, 0) is 69.1 Å². The molecule has 1 aromatic carbocycles. The van der Waals surface area contributed by atoms with Crippen LogP contribution in [0, 0.1) is 5.92 Å². The van der Waals surface area contributed by atoms with Gasteiger partial charge in [0.15, 0.2) is 0 Å². The topological polar surface area (TPSA) is 29.4 Å². The lowest BCUT2D eigenvalue weighted by Gasteiger charge is -2.30. The van der Waals surface area contributed by atoms with Crippen molar-refractivity contribution in [2.45, 2.75) is 32.7 Å². The highest BCUT2D eigenvalue weighted by Gasteiger charge is 2.14. The second-order valence-corrected chi connectivity index (χ2v) is 7.20. The van der Waals surface area contributed by atoms with Gasteiger partial charge in [-0.25, -0.2) is 0 Å². The van der Waals surface area contributed by atoms with E-state index in [0.717, 1.165) is 24.8 Å². The van der Waals surface area contributed by atoms with E-state index in [-0.39, 0.29) is 0 Å². The molecule has 0 amide bonds. The van der Waals surface area contributed by atoms with E-state index in [1.165, 1.54) is 55.4 Å². The average molecular weight is 329 g/mol. The summed E-state index contributed by atoms with van der Waals surface area (Å²) in [4.78, 5) is 2.62. The first-order valence-corrected chi connectivity index (χ1v) is 9.22. The molecule has 1 aromatic heterocycles. The third-order valence-corrected chi connectivity index (χ3v) is 5.30. The molecule has 2 heterocycles. The van der Waals surface area contributed by atoms with E-state index in [1.807, 2.05) is 6.07 Å². The molecule has 1 aliphatic heterocycles. The van der Waals surface area contributed by atoms with Crippen molar-refractivity contribution in [1.29, 1.82) is 0 Å². The fourth-order valence-electron chi connectivity index (χ4n) is 3.65. The molecular formula is C20H31N3O. The molecule has 1 fully saturated rings. The Labute approximate surface area is 145 Å². The number of nitrogens with one attached hydrogen (secondary N) is 1. The Hall–Kier alpha value is -1.52. The van der Waals surface area contributed by atoms with Gasteiger partial charge in [0.05, 0.1) is 12.6 Å². The Morgan fingerprint density at radius 1 is 1.25 bits per heavy atom. The Balaban J connectivity index is 1.46. The molecule has 4 heteroatoms. The van der Waals surface area contributed by atoms with Gasteiger partial charge < -0.3 is 19.5 Å². The van der Waals surface area contributed by atoms with Gasteiger partial charge in [-0.1, -0.05) is 6.92 Å². The van der Waals surface area contributed by atoms with Crippen LogP contribution in [-0.4, -0.2) is 42.8 Å². The number of hydrogen-bond donors (Lipinski definition) is 1. The van der Waals surface area contributed by atoms with Gasteiger partial charge in [0, 0.05) is 31.2 Å². The van der Waals surface area contributed by atoms with Crippen molar-refractivity contribution in [2.24, 2.45) is 13.0 Å². The summed E-state index contributed by atoms with van der Waals surface area (Å²) in [5.41, 5.74) is 2.59. The minimum Gasteiger partial charge on any atom is -0.497 e. The molecule has 1 N–H and O–H groups in total. The SMILES string of the molecule is COc1ccc2c(CNCCCN3CCC(C)CC3)cn(C)c2c1. The summed E-state index contributed by atoms with van der Waals surface area (Å²) >= 11 is 0. The summed E-state index contributed by atoms with van der Waals surface area (Å²) in [7, 11) is 3.82. The predicted molar refractivity (Wildman–Crippen MR) is 101 cm³/mol. The van der Waals surface area contributed by atoms with Crippen molar-refractivity contribution in [3.63, 3.8) is 0 Å². The van der Waals surface area contributed by atoms with E-state index in [9.17, 15) is 0 Å². The monoisotopic (exact) mass is 329 g/mol. The summed E-state index contributed by atoms with van der Waals surface area (Å²) in [6.45, 7) is 8.18. The number of likely N-dealkylation sites (tertiary alicyclic amines) is 1. The molecule has 0 atom stereocenters. The Morgan fingerprint density at radius 3 is 2.79 bits per heavy atom. The highest BCUT2D eigenvalue weighted by molar-refractivity contribution is 5.85. The lowest BCUT2D eigenvalue weighted by molar-refractivity contribution is 0.190. The number of aromatic nitrogens is 1. The average Bonchev–Trinajstić information content (AvgIpc) is 2.92. The minimum atomic E-state index is 0.916. The van der Waals surface area contributed by atoms with Gasteiger partial charge in [0.2, 0.25) is 0 Å². The molecule has 0 aliphatic carbocycles. The normalized spacial score (nSPS) is 16.8. The largest absolute Gasteiger partial charge is 0.497 e. The van der Waals surface area contributed by atoms with Crippen LogP contribution in [0.2, 0.25) is 0 Å². The third kappa shape index (κ3) is 4.11. The lowest BCUT2D eigenvalue weighted by atomic mass is 9.99. The van der Waals surface area contributed by atoms with Crippen LogP contribution in [0.15, 0.2) is 24.4 Å². The summed E-state index contributed by atoms with van der Waals surface area (Å²) < 4.78 is 7.51. The van der Waals surface area contributed by atoms with Gasteiger partial charge in [0.25, 0.3) is 0 Å². The first kappa shape index (κ1) is 17.3. The number of nitrogens with zero attached hydrogens (tertiary/aromatic N) is 2. The molecule has 132 valence electrons. The highest BCUT2D eigenvalue weighted by Crippen LogP contribution is 2.25. The summed E-state index contributed by atoms with van der Waals surface area (Å²) in [5.74, 6) is 1.84. The maximum atomic E-state index is 5.33. The fraction of sp³-hybridized carbons (Fsp3) is 0.600. The highest BCUT2D eigenvalue weighted by atomic mass is 16.5. The molecule has 2 aromatic rings. The number of fused-ring (bicyclic) bond motifs is 1. The first-order valence-electron chi connectivity index (χ1n) is 9.22. The second kappa shape index (κ2) is 8.04. The zero-order chi connectivity index (χ0) is 16.9. The molecule has 0 saturated carbocycles.